The number of esters is 1. The third kappa shape index (κ3) is 3.48. The number of rotatable bonds is 3. The van der Waals surface area contributed by atoms with E-state index < -0.39 is 47.2 Å². The van der Waals surface area contributed by atoms with Crippen LogP contribution in [0.5, 0.6) is 0 Å². The predicted octanol–water partition coefficient (Wildman–Crippen LogP) is 4.17. The van der Waals surface area contributed by atoms with Gasteiger partial charge in [0.05, 0.1) is 22.1 Å². The average molecular weight is 403 g/mol. The molecule has 0 bridgehead atoms. The van der Waals surface area contributed by atoms with Crippen LogP contribution in [0.15, 0.2) is 23.1 Å². The molecule has 1 aliphatic rings. The highest BCUT2D eigenvalue weighted by atomic mass is 32.2. The molecule has 1 unspecified atom stereocenters. The van der Waals surface area contributed by atoms with E-state index in [1.807, 2.05) is 0 Å². The highest BCUT2D eigenvalue weighted by molar-refractivity contribution is 8.00. The molecule has 2 aromatic rings. The lowest BCUT2D eigenvalue weighted by molar-refractivity contribution is -0.115. The molecule has 0 saturated carbocycles. The van der Waals surface area contributed by atoms with Crippen molar-refractivity contribution in [2.24, 2.45) is 0 Å². The number of hydrogen-bond acceptors (Lipinski definition) is 4. The molecule has 0 aromatic heterocycles. The summed E-state index contributed by atoms with van der Waals surface area (Å²) in [4.78, 5) is 24.4. The van der Waals surface area contributed by atoms with Crippen molar-refractivity contribution in [3.05, 3.63) is 58.4 Å². The van der Waals surface area contributed by atoms with Crippen LogP contribution >= 0.6 is 11.8 Å². The predicted molar refractivity (Wildman–Crippen MR) is 85.7 cm³/mol. The molecule has 0 saturated heterocycles. The molecule has 0 radical (unpaired) electrons. The number of thioether (sulfide) groups is 1. The Morgan fingerprint density at radius 1 is 1.07 bits per heavy atom. The van der Waals surface area contributed by atoms with Crippen LogP contribution in [0.3, 0.4) is 0 Å². The zero-order valence-corrected chi connectivity index (χ0v) is 14.4. The number of fused-ring (bicyclic) bond motifs is 1. The summed E-state index contributed by atoms with van der Waals surface area (Å²) in [5, 5.41) is 2.27. The summed E-state index contributed by atoms with van der Waals surface area (Å²) in [6.45, 7) is 0.551. The largest absolute Gasteiger partial charge is 0.457 e. The first kappa shape index (κ1) is 19.2. The molecule has 27 heavy (non-hydrogen) atoms. The quantitative estimate of drug-likeness (QED) is 0.362. The van der Waals surface area contributed by atoms with E-state index in [2.05, 4.69) is 10.1 Å². The van der Waals surface area contributed by atoms with Gasteiger partial charge >= 0.3 is 5.97 Å². The van der Waals surface area contributed by atoms with E-state index in [9.17, 15) is 31.5 Å². The fraction of sp³-hybridized carbons (Fsp3) is 0.176. The lowest BCUT2D eigenvalue weighted by Crippen LogP contribution is -2.26. The second-order valence-electron chi connectivity index (χ2n) is 5.58. The van der Waals surface area contributed by atoms with Crippen molar-refractivity contribution in [1.29, 1.82) is 0 Å². The summed E-state index contributed by atoms with van der Waals surface area (Å²) in [6, 6.07) is 4.20. The SMILES string of the molecule is CC1Sc2ccc(C(=O)OCc3c(F)c(F)c(F)c(F)c3F)cc2NC1=O. The molecule has 4 nitrogen and oxygen atoms in total. The number of ether oxygens (including phenoxy) is 1. The van der Waals surface area contributed by atoms with Gasteiger partial charge in [-0.1, -0.05) is 0 Å². The van der Waals surface area contributed by atoms with Crippen molar-refractivity contribution < 1.29 is 36.3 Å². The summed E-state index contributed by atoms with van der Waals surface area (Å²) in [5.41, 5.74) is -0.961. The maximum Gasteiger partial charge on any atom is 0.338 e. The average Bonchev–Trinajstić information content (AvgIpc) is 2.65. The van der Waals surface area contributed by atoms with Gasteiger partial charge in [-0.25, -0.2) is 26.7 Å². The van der Waals surface area contributed by atoms with E-state index in [0.29, 0.717) is 10.6 Å². The Bertz CT molecular complexity index is 937. The fourth-order valence-electron chi connectivity index (χ4n) is 2.33. The van der Waals surface area contributed by atoms with Crippen molar-refractivity contribution in [3.63, 3.8) is 0 Å². The van der Waals surface area contributed by atoms with Gasteiger partial charge in [0, 0.05) is 4.90 Å². The van der Waals surface area contributed by atoms with E-state index in [1.165, 1.54) is 23.9 Å². The molecular formula is C17H10F5NO3S. The van der Waals surface area contributed by atoms with E-state index in [0.717, 1.165) is 0 Å². The second-order valence-corrected chi connectivity index (χ2v) is 6.97. The lowest BCUT2D eigenvalue weighted by Gasteiger charge is -2.21. The van der Waals surface area contributed by atoms with E-state index in [-0.39, 0.29) is 16.7 Å². The van der Waals surface area contributed by atoms with Gasteiger partial charge in [0.2, 0.25) is 11.7 Å². The van der Waals surface area contributed by atoms with Crippen LogP contribution in [0, 0.1) is 29.1 Å². The molecular weight excluding hydrogens is 393 g/mol. The lowest BCUT2D eigenvalue weighted by atomic mass is 10.1. The van der Waals surface area contributed by atoms with Crippen LogP contribution in [0.1, 0.15) is 22.8 Å². The molecule has 1 aliphatic heterocycles. The Balaban J connectivity index is 1.80. The molecule has 1 amide bonds. The van der Waals surface area contributed by atoms with Crippen molar-refractivity contribution >= 4 is 29.3 Å². The van der Waals surface area contributed by atoms with Crippen LogP contribution in [-0.4, -0.2) is 17.1 Å². The van der Waals surface area contributed by atoms with Gasteiger partial charge in [0.25, 0.3) is 0 Å². The minimum absolute atomic E-state index is 0.0620. The van der Waals surface area contributed by atoms with Crippen LogP contribution in [-0.2, 0) is 16.1 Å². The summed E-state index contributed by atoms with van der Waals surface area (Å²) < 4.78 is 71.2. The minimum Gasteiger partial charge on any atom is -0.457 e. The number of carbonyl (C=O) groups excluding carboxylic acids is 2. The number of anilines is 1. The summed E-state index contributed by atoms with van der Waals surface area (Å²) in [6.07, 6.45) is 0. The number of carbonyl (C=O) groups is 2. The molecule has 3 rings (SSSR count). The third-order valence-corrected chi connectivity index (χ3v) is 4.97. The van der Waals surface area contributed by atoms with Gasteiger partial charge in [0.15, 0.2) is 23.3 Å². The minimum atomic E-state index is -2.29. The fourth-order valence-corrected chi connectivity index (χ4v) is 3.26. The number of hydrogen-bond donors (Lipinski definition) is 1. The first-order chi connectivity index (χ1) is 12.7. The van der Waals surface area contributed by atoms with E-state index in [4.69, 9.17) is 0 Å². The van der Waals surface area contributed by atoms with Crippen molar-refractivity contribution in [3.8, 4) is 0 Å². The number of benzene rings is 2. The Morgan fingerprint density at radius 2 is 1.67 bits per heavy atom. The van der Waals surface area contributed by atoms with Crippen LogP contribution in [0.2, 0.25) is 0 Å². The normalized spacial score (nSPS) is 15.9. The van der Waals surface area contributed by atoms with Crippen LogP contribution in [0.25, 0.3) is 0 Å². The van der Waals surface area contributed by atoms with Gasteiger partial charge in [-0.15, -0.1) is 11.8 Å². The number of nitrogens with one attached hydrogen (secondary N) is 1. The first-order valence-corrected chi connectivity index (χ1v) is 8.37. The Labute approximate surface area is 153 Å². The monoisotopic (exact) mass is 403 g/mol. The smallest absolute Gasteiger partial charge is 0.338 e. The molecule has 10 heteroatoms. The van der Waals surface area contributed by atoms with Crippen molar-refractivity contribution in [2.75, 3.05) is 5.32 Å². The molecule has 2 aromatic carbocycles. The molecule has 0 fully saturated rings. The zero-order valence-electron chi connectivity index (χ0n) is 13.5. The molecule has 142 valence electrons. The van der Waals surface area contributed by atoms with Gasteiger partial charge < -0.3 is 10.1 Å². The summed E-state index contributed by atoms with van der Waals surface area (Å²) in [7, 11) is 0. The van der Waals surface area contributed by atoms with Gasteiger partial charge in [0.1, 0.15) is 6.61 Å². The number of halogens is 5. The Hall–Kier alpha value is -2.62. The van der Waals surface area contributed by atoms with Crippen LogP contribution in [0.4, 0.5) is 27.6 Å². The zero-order chi connectivity index (χ0) is 19.9. The highest BCUT2D eigenvalue weighted by Crippen LogP contribution is 2.36. The molecule has 1 atom stereocenters. The van der Waals surface area contributed by atoms with Crippen molar-refractivity contribution in [2.45, 2.75) is 23.7 Å². The van der Waals surface area contributed by atoms with Gasteiger partial charge in [-0.2, -0.15) is 0 Å². The Kier molecular flexibility index (Phi) is 5.09. The third-order valence-electron chi connectivity index (χ3n) is 3.79. The second kappa shape index (κ2) is 7.18. The summed E-state index contributed by atoms with van der Waals surface area (Å²) in [5.74, 6) is -12.0. The topological polar surface area (TPSA) is 55.4 Å². The standard InChI is InChI=1S/C17H10F5NO3S/c1-6-16(24)23-9-4-7(2-3-10(9)27-6)17(25)26-5-8-11(18)13(20)15(22)14(21)12(8)19/h2-4,6H,5H2,1H3,(H,23,24). The molecule has 1 heterocycles. The molecule has 0 aliphatic carbocycles. The van der Waals surface area contributed by atoms with E-state index in [1.54, 1.807) is 13.0 Å². The van der Waals surface area contributed by atoms with E-state index >= 15 is 0 Å². The highest BCUT2D eigenvalue weighted by Gasteiger charge is 2.27. The van der Waals surface area contributed by atoms with Gasteiger partial charge in [-0.05, 0) is 25.1 Å². The Morgan fingerprint density at radius 3 is 2.30 bits per heavy atom. The maximum absolute atomic E-state index is 13.6. The maximum atomic E-state index is 13.6. The molecule has 1 N–H and O–H groups in total. The van der Waals surface area contributed by atoms with Crippen molar-refractivity contribution in [1.82, 2.24) is 0 Å². The van der Waals surface area contributed by atoms with Crippen LogP contribution < -0.4 is 5.32 Å². The molecule has 0 spiro atoms. The van der Waals surface area contributed by atoms with Gasteiger partial charge in [-0.3, -0.25) is 4.79 Å². The number of amides is 1. The first-order valence-electron chi connectivity index (χ1n) is 7.49. The summed E-state index contributed by atoms with van der Waals surface area (Å²) >= 11 is 1.28.